The fraction of sp³-hybridized carbons (Fsp3) is 0.167. The predicted molar refractivity (Wildman–Crippen MR) is 83.7 cm³/mol. The van der Waals surface area contributed by atoms with Crippen LogP contribution >= 0.6 is 11.3 Å². The first-order valence-corrected chi connectivity index (χ1v) is 7.73. The number of fused-ring (bicyclic) bond motifs is 3. The summed E-state index contributed by atoms with van der Waals surface area (Å²) in [6.07, 6.45) is 1.62. The number of hydrogen-bond donors (Lipinski definition) is 0. The van der Waals surface area contributed by atoms with E-state index >= 15 is 0 Å². The average molecular weight is 278 g/mol. The van der Waals surface area contributed by atoms with Gasteiger partial charge in [0.15, 0.2) is 5.78 Å². The molecule has 0 saturated carbocycles. The van der Waals surface area contributed by atoms with Crippen molar-refractivity contribution in [2.24, 2.45) is 0 Å². The molecule has 3 aromatic rings. The highest BCUT2D eigenvalue weighted by atomic mass is 32.1. The maximum Gasteiger partial charge on any atom is 0.173 e. The molecule has 0 amide bonds. The summed E-state index contributed by atoms with van der Waals surface area (Å²) in [5, 5.41) is 1.27. The molecule has 0 bridgehead atoms. The van der Waals surface area contributed by atoms with Crippen LogP contribution in [0.3, 0.4) is 0 Å². The van der Waals surface area contributed by atoms with Gasteiger partial charge in [0, 0.05) is 11.1 Å². The molecule has 1 aliphatic rings. The number of rotatable bonds is 1. The Morgan fingerprint density at radius 1 is 0.900 bits per heavy atom. The minimum absolute atomic E-state index is 0.307. The number of hydrogen-bond acceptors (Lipinski definition) is 2. The first-order valence-electron chi connectivity index (χ1n) is 6.91. The molecule has 98 valence electrons. The van der Waals surface area contributed by atoms with Gasteiger partial charge in [-0.1, -0.05) is 48.5 Å². The maximum atomic E-state index is 12.4. The smallest absolute Gasteiger partial charge is 0.173 e. The van der Waals surface area contributed by atoms with Crippen LogP contribution in [0, 0.1) is 0 Å². The number of Topliss-reactive ketones (excluding diaryl/α,β-unsaturated/α-hetero) is 1. The SMILES string of the molecule is O=C1CC(c2ccccc2)Cc2c1sc1ccccc21. The van der Waals surface area contributed by atoms with Crippen LogP contribution in [0.2, 0.25) is 0 Å². The van der Waals surface area contributed by atoms with Crippen LogP contribution in [-0.4, -0.2) is 5.78 Å². The van der Waals surface area contributed by atoms with Gasteiger partial charge in [-0.05, 0) is 34.9 Å². The highest BCUT2D eigenvalue weighted by molar-refractivity contribution is 7.21. The molecule has 0 radical (unpaired) electrons. The first kappa shape index (κ1) is 11.9. The van der Waals surface area contributed by atoms with Gasteiger partial charge in [-0.25, -0.2) is 0 Å². The van der Waals surface area contributed by atoms with Crippen molar-refractivity contribution in [2.45, 2.75) is 18.8 Å². The highest BCUT2D eigenvalue weighted by Gasteiger charge is 2.29. The van der Waals surface area contributed by atoms with Crippen LogP contribution < -0.4 is 0 Å². The minimum atomic E-state index is 0.307. The zero-order valence-electron chi connectivity index (χ0n) is 11.0. The van der Waals surface area contributed by atoms with Gasteiger partial charge < -0.3 is 0 Å². The molecular formula is C18H14OS. The van der Waals surface area contributed by atoms with Gasteiger partial charge in [0.05, 0.1) is 4.88 Å². The Morgan fingerprint density at radius 3 is 2.50 bits per heavy atom. The average Bonchev–Trinajstić information content (AvgIpc) is 2.88. The second kappa shape index (κ2) is 4.57. The lowest BCUT2D eigenvalue weighted by molar-refractivity contribution is 0.0969. The van der Waals surface area contributed by atoms with Crippen molar-refractivity contribution < 1.29 is 4.79 Å². The summed E-state index contributed by atoms with van der Waals surface area (Å²) >= 11 is 1.66. The van der Waals surface area contributed by atoms with Crippen molar-refractivity contribution in [1.29, 1.82) is 0 Å². The van der Waals surface area contributed by atoms with Crippen LogP contribution in [0.4, 0.5) is 0 Å². The fourth-order valence-corrected chi connectivity index (χ4v) is 4.30. The van der Waals surface area contributed by atoms with E-state index in [4.69, 9.17) is 0 Å². The van der Waals surface area contributed by atoms with Gasteiger partial charge in [-0.3, -0.25) is 4.79 Å². The summed E-state index contributed by atoms with van der Waals surface area (Å²) in [5.41, 5.74) is 2.54. The quantitative estimate of drug-likeness (QED) is 0.624. The highest BCUT2D eigenvalue weighted by Crippen LogP contribution is 2.40. The molecule has 2 aromatic carbocycles. The molecule has 2 heteroatoms. The number of carbonyl (C=O) groups excluding carboxylic acids is 1. The van der Waals surface area contributed by atoms with Gasteiger partial charge in [0.1, 0.15) is 0 Å². The van der Waals surface area contributed by atoms with Crippen LogP contribution in [0.5, 0.6) is 0 Å². The largest absolute Gasteiger partial charge is 0.293 e. The molecule has 0 N–H and O–H groups in total. The number of benzene rings is 2. The molecule has 0 saturated heterocycles. The van der Waals surface area contributed by atoms with Gasteiger partial charge >= 0.3 is 0 Å². The van der Waals surface area contributed by atoms with Crippen molar-refractivity contribution in [3.05, 3.63) is 70.6 Å². The third-order valence-electron chi connectivity index (χ3n) is 4.10. The molecule has 1 nitrogen and oxygen atoms in total. The summed E-state index contributed by atoms with van der Waals surface area (Å²) < 4.78 is 1.24. The molecule has 0 aliphatic heterocycles. The van der Waals surface area contributed by atoms with Crippen molar-refractivity contribution >= 4 is 27.2 Å². The Hall–Kier alpha value is -1.93. The molecule has 1 heterocycles. The molecular weight excluding hydrogens is 264 g/mol. The van der Waals surface area contributed by atoms with E-state index in [0.717, 1.165) is 11.3 Å². The predicted octanol–water partition coefficient (Wildman–Crippen LogP) is 4.81. The van der Waals surface area contributed by atoms with Crippen LogP contribution in [0.25, 0.3) is 10.1 Å². The normalized spacial score (nSPS) is 18.2. The minimum Gasteiger partial charge on any atom is -0.293 e. The Morgan fingerprint density at radius 2 is 1.65 bits per heavy atom. The number of ketones is 1. The van der Waals surface area contributed by atoms with E-state index in [-0.39, 0.29) is 0 Å². The molecule has 1 aromatic heterocycles. The monoisotopic (exact) mass is 278 g/mol. The Labute approximate surface area is 121 Å². The van der Waals surface area contributed by atoms with Gasteiger partial charge in [0.2, 0.25) is 0 Å². The van der Waals surface area contributed by atoms with Crippen LogP contribution in [0.15, 0.2) is 54.6 Å². The fourth-order valence-electron chi connectivity index (χ4n) is 3.12. The van der Waals surface area contributed by atoms with Crippen LogP contribution in [0.1, 0.15) is 33.1 Å². The summed E-state index contributed by atoms with van der Waals surface area (Å²) in [7, 11) is 0. The second-order valence-corrected chi connectivity index (χ2v) is 6.40. The third-order valence-corrected chi connectivity index (χ3v) is 5.36. The van der Waals surface area contributed by atoms with E-state index in [9.17, 15) is 4.79 Å². The third kappa shape index (κ3) is 1.80. The second-order valence-electron chi connectivity index (χ2n) is 5.34. The van der Waals surface area contributed by atoms with E-state index in [0.29, 0.717) is 18.1 Å². The lowest BCUT2D eigenvalue weighted by Crippen LogP contribution is -2.16. The van der Waals surface area contributed by atoms with E-state index in [2.05, 4.69) is 42.5 Å². The van der Waals surface area contributed by atoms with E-state index in [1.54, 1.807) is 11.3 Å². The number of thiophene rings is 1. The molecule has 0 fully saturated rings. The molecule has 4 rings (SSSR count). The summed E-state index contributed by atoms with van der Waals surface area (Å²) in [4.78, 5) is 13.4. The lowest BCUT2D eigenvalue weighted by atomic mass is 9.82. The molecule has 0 spiro atoms. The molecule has 20 heavy (non-hydrogen) atoms. The van der Waals surface area contributed by atoms with E-state index in [1.807, 2.05) is 12.1 Å². The van der Waals surface area contributed by atoms with E-state index in [1.165, 1.54) is 21.2 Å². The first-order chi connectivity index (χ1) is 9.83. The molecule has 1 unspecified atom stereocenters. The van der Waals surface area contributed by atoms with Gasteiger partial charge in [-0.2, -0.15) is 0 Å². The van der Waals surface area contributed by atoms with Crippen LogP contribution in [-0.2, 0) is 6.42 Å². The summed E-state index contributed by atoms with van der Waals surface area (Å²) in [5.74, 6) is 0.635. The van der Waals surface area contributed by atoms with Gasteiger partial charge in [0.25, 0.3) is 0 Å². The van der Waals surface area contributed by atoms with Crippen molar-refractivity contribution in [3.8, 4) is 0 Å². The zero-order chi connectivity index (χ0) is 13.5. The topological polar surface area (TPSA) is 17.1 Å². The zero-order valence-corrected chi connectivity index (χ0v) is 11.8. The maximum absolute atomic E-state index is 12.4. The Kier molecular flexibility index (Phi) is 2.71. The summed E-state index contributed by atoms with van der Waals surface area (Å²) in [6, 6.07) is 18.8. The van der Waals surface area contributed by atoms with Crippen molar-refractivity contribution in [2.75, 3.05) is 0 Å². The number of carbonyl (C=O) groups is 1. The molecule has 1 atom stereocenters. The lowest BCUT2D eigenvalue weighted by Gasteiger charge is -2.21. The van der Waals surface area contributed by atoms with Crippen molar-refractivity contribution in [3.63, 3.8) is 0 Å². The molecule has 1 aliphatic carbocycles. The Bertz CT molecular complexity index is 786. The van der Waals surface area contributed by atoms with Gasteiger partial charge in [-0.15, -0.1) is 11.3 Å². The Balaban J connectivity index is 1.84. The van der Waals surface area contributed by atoms with Crippen molar-refractivity contribution in [1.82, 2.24) is 0 Å². The van der Waals surface area contributed by atoms with E-state index < -0.39 is 0 Å². The standard InChI is InChI=1S/C18H14OS/c19-16-11-13(12-6-2-1-3-7-12)10-15-14-8-4-5-9-17(14)20-18(15)16/h1-9,13H,10-11H2. The summed E-state index contributed by atoms with van der Waals surface area (Å²) in [6.45, 7) is 0.